The molecule has 0 saturated heterocycles. The van der Waals surface area contributed by atoms with Gasteiger partial charge < -0.3 is 15.4 Å². The van der Waals surface area contributed by atoms with Crippen molar-refractivity contribution in [3.05, 3.63) is 29.8 Å². The van der Waals surface area contributed by atoms with Crippen molar-refractivity contribution in [2.75, 3.05) is 12.3 Å². The zero-order chi connectivity index (χ0) is 15.2. The number of unbranched alkanes of at least 4 members (excludes halogenated alkanes) is 1. The summed E-state index contributed by atoms with van der Waals surface area (Å²) in [4.78, 5) is 14.0. The molecule has 1 rings (SSSR count). The molecule has 1 aromatic rings. The first-order chi connectivity index (χ1) is 9.31. The Morgan fingerprint density at radius 3 is 2.35 bits per heavy atom. The van der Waals surface area contributed by atoms with Gasteiger partial charge in [0.15, 0.2) is 0 Å². The van der Waals surface area contributed by atoms with Gasteiger partial charge in [-0.05, 0) is 44.9 Å². The number of amides is 1. The molecule has 0 bridgehead atoms. The predicted molar refractivity (Wildman–Crippen MR) is 82.4 cm³/mol. The summed E-state index contributed by atoms with van der Waals surface area (Å²) in [6.45, 7) is 9.01. The summed E-state index contributed by atoms with van der Waals surface area (Å²) >= 11 is 0. The summed E-state index contributed by atoms with van der Waals surface area (Å²) in [5.41, 5.74) is 6.99. The van der Waals surface area contributed by atoms with Crippen LogP contribution in [-0.2, 0) is 11.3 Å². The molecule has 0 aromatic heterocycles. The van der Waals surface area contributed by atoms with Crippen LogP contribution in [0.25, 0.3) is 0 Å². The third kappa shape index (κ3) is 5.95. The molecule has 112 valence electrons. The zero-order valence-electron chi connectivity index (χ0n) is 13.0. The molecule has 0 fully saturated rings. The second-order valence-corrected chi connectivity index (χ2v) is 6.00. The van der Waals surface area contributed by atoms with Gasteiger partial charge in [0.25, 0.3) is 0 Å². The van der Waals surface area contributed by atoms with Gasteiger partial charge in [-0.1, -0.05) is 25.5 Å². The van der Waals surface area contributed by atoms with Crippen molar-refractivity contribution in [3.63, 3.8) is 0 Å². The Balaban J connectivity index is 2.73. The molecular formula is C16H26N2O2. The Kier molecular flexibility index (Phi) is 5.86. The van der Waals surface area contributed by atoms with Crippen molar-refractivity contribution in [1.82, 2.24) is 4.90 Å². The lowest BCUT2D eigenvalue weighted by Gasteiger charge is -2.27. The average Bonchev–Trinajstić information content (AvgIpc) is 2.34. The van der Waals surface area contributed by atoms with Crippen LogP contribution in [-0.4, -0.2) is 23.1 Å². The summed E-state index contributed by atoms with van der Waals surface area (Å²) in [6, 6.07) is 7.59. The first-order valence-electron chi connectivity index (χ1n) is 7.14. The number of hydrogen-bond acceptors (Lipinski definition) is 3. The normalized spacial score (nSPS) is 11.2. The van der Waals surface area contributed by atoms with Gasteiger partial charge in [0, 0.05) is 18.8 Å². The first kappa shape index (κ1) is 16.3. The number of rotatable bonds is 5. The minimum Gasteiger partial charge on any atom is -0.444 e. The molecule has 0 spiro atoms. The summed E-state index contributed by atoms with van der Waals surface area (Å²) in [5.74, 6) is 0. The molecule has 0 heterocycles. The van der Waals surface area contributed by atoms with E-state index in [4.69, 9.17) is 10.5 Å². The highest BCUT2D eigenvalue weighted by molar-refractivity contribution is 5.68. The van der Waals surface area contributed by atoms with Crippen LogP contribution in [0, 0.1) is 0 Å². The van der Waals surface area contributed by atoms with Crippen molar-refractivity contribution in [2.45, 2.75) is 52.7 Å². The van der Waals surface area contributed by atoms with E-state index >= 15 is 0 Å². The van der Waals surface area contributed by atoms with Crippen molar-refractivity contribution in [2.24, 2.45) is 0 Å². The first-order valence-corrected chi connectivity index (χ1v) is 7.14. The topological polar surface area (TPSA) is 55.6 Å². The van der Waals surface area contributed by atoms with Gasteiger partial charge in [0.2, 0.25) is 0 Å². The molecule has 2 N–H and O–H groups in total. The van der Waals surface area contributed by atoms with E-state index in [2.05, 4.69) is 6.92 Å². The van der Waals surface area contributed by atoms with Crippen LogP contribution in [0.4, 0.5) is 10.5 Å². The van der Waals surface area contributed by atoms with Crippen molar-refractivity contribution < 1.29 is 9.53 Å². The van der Waals surface area contributed by atoms with Gasteiger partial charge in [-0.2, -0.15) is 0 Å². The lowest BCUT2D eigenvalue weighted by Crippen LogP contribution is -2.37. The smallest absolute Gasteiger partial charge is 0.410 e. The molecule has 4 nitrogen and oxygen atoms in total. The Morgan fingerprint density at radius 1 is 1.25 bits per heavy atom. The van der Waals surface area contributed by atoms with E-state index in [0.29, 0.717) is 13.1 Å². The minimum absolute atomic E-state index is 0.261. The SMILES string of the molecule is CCCCN(Cc1ccc(N)cc1)C(=O)OC(C)(C)C. The number of hydrogen-bond donors (Lipinski definition) is 1. The van der Waals surface area contributed by atoms with Crippen LogP contribution in [0.15, 0.2) is 24.3 Å². The van der Waals surface area contributed by atoms with Gasteiger partial charge in [0.05, 0.1) is 0 Å². The van der Waals surface area contributed by atoms with Crippen LogP contribution >= 0.6 is 0 Å². The molecule has 0 saturated carbocycles. The summed E-state index contributed by atoms with van der Waals surface area (Å²) in [7, 11) is 0. The molecule has 4 heteroatoms. The fraction of sp³-hybridized carbons (Fsp3) is 0.562. The number of carbonyl (C=O) groups is 1. The van der Waals surface area contributed by atoms with Gasteiger partial charge in [-0.15, -0.1) is 0 Å². The van der Waals surface area contributed by atoms with Gasteiger partial charge in [0.1, 0.15) is 5.60 Å². The lowest BCUT2D eigenvalue weighted by atomic mass is 10.2. The molecule has 0 unspecified atom stereocenters. The molecule has 0 atom stereocenters. The molecule has 0 radical (unpaired) electrons. The van der Waals surface area contributed by atoms with Gasteiger partial charge in [-0.3, -0.25) is 0 Å². The highest BCUT2D eigenvalue weighted by atomic mass is 16.6. The summed E-state index contributed by atoms with van der Waals surface area (Å²) < 4.78 is 5.46. The maximum Gasteiger partial charge on any atom is 0.410 e. The maximum absolute atomic E-state index is 12.2. The van der Waals surface area contributed by atoms with E-state index in [1.807, 2.05) is 45.0 Å². The number of nitrogens with zero attached hydrogens (tertiary/aromatic N) is 1. The van der Waals surface area contributed by atoms with E-state index in [1.165, 1.54) is 0 Å². The number of benzene rings is 1. The number of carbonyl (C=O) groups excluding carboxylic acids is 1. The summed E-state index contributed by atoms with van der Waals surface area (Å²) in [5, 5.41) is 0. The fourth-order valence-electron chi connectivity index (χ4n) is 1.75. The van der Waals surface area contributed by atoms with Crippen molar-refractivity contribution in [1.29, 1.82) is 0 Å². The van der Waals surface area contributed by atoms with Gasteiger partial charge >= 0.3 is 6.09 Å². The number of nitrogen functional groups attached to an aromatic ring is 1. The van der Waals surface area contributed by atoms with Crippen LogP contribution in [0.3, 0.4) is 0 Å². The number of nitrogens with two attached hydrogens (primary N) is 1. The van der Waals surface area contributed by atoms with Crippen LogP contribution < -0.4 is 5.73 Å². The van der Waals surface area contributed by atoms with E-state index < -0.39 is 5.60 Å². The molecule has 0 aliphatic rings. The highest BCUT2D eigenvalue weighted by Crippen LogP contribution is 2.14. The van der Waals surface area contributed by atoms with Crippen molar-refractivity contribution in [3.8, 4) is 0 Å². The number of ether oxygens (including phenoxy) is 1. The monoisotopic (exact) mass is 278 g/mol. The maximum atomic E-state index is 12.2. The molecule has 1 aromatic carbocycles. The van der Waals surface area contributed by atoms with E-state index in [1.54, 1.807) is 4.90 Å². The van der Waals surface area contributed by atoms with Crippen LogP contribution in [0.2, 0.25) is 0 Å². The summed E-state index contributed by atoms with van der Waals surface area (Å²) in [6.07, 6.45) is 1.75. The molecule has 0 aliphatic heterocycles. The van der Waals surface area contributed by atoms with Crippen LogP contribution in [0.5, 0.6) is 0 Å². The Hall–Kier alpha value is -1.71. The highest BCUT2D eigenvalue weighted by Gasteiger charge is 2.21. The molecule has 20 heavy (non-hydrogen) atoms. The number of anilines is 1. The Morgan fingerprint density at radius 2 is 1.85 bits per heavy atom. The largest absolute Gasteiger partial charge is 0.444 e. The quantitative estimate of drug-likeness (QED) is 0.833. The second-order valence-electron chi connectivity index (χ2n) is 6.00. The predicted octanol–water partition coefficient (Wildman–Crippen LogP) is 3.81. The third-order valence-corrected chi connectivity index (χ3v) is 2.79. The van der Waals surface area contributed by atoms with E-state index in [0.717, 1.165) is 24.1 Å². The third-order valence-electron chi connectivity index (χ3n) is 2.79. The average molecular weight is 278 g/mol. The van der Waals surface area contributed by atoms with Gasteiger partial charge in [-0.25, -0.2) is 4.79 Å². The molecule has 1 amide bonds. The fourth-order valence-corrected chi connectivity index (χ4v) is 1.75. The van der Waals surface area contributed by atoms with E-state index in [9.17, 15) is 4.79 Å². The zero-order valence-corrected chi connectivity index (χ0v) is 13.0. The van der Waals surface area contributed by atoms with E-state index in [-0.39, 0.29) is 6.09 Å². The Labute approximate surface area is 121 Å². The van der Waals surface area contributed by atoms with Crippen molar-refractivity contribution >= 4 is 11.8 Å². The molecular weight excluding hydrogens is 252 g/mol. The standard InChI is InChI=1S/C16H26N2O2/c1-5-6-11-18(15(19)20-16(2,3)4)12-13-7-9-14(17)10-8-13/h7-10H,5-6,11-12,17H2,1-4H3. The van der Waals surface area contributed by atoms with Crippen LogP contribution in [0.1, 0.15) is 46.1 Å². The Bertz CT molecular complexity index is 421. The second kappa shape index (κ2) is 7.17. The lowest BCUT2D eigenvalue weighted by molar-refractivity contribution is 0.0231. The minimum atomic E-state index is -0.470. The molecule has 0 aliphatic carbocycles.